The van der Waals surface area contributed by atoms with Crippen LogP contribution in [0.25, 0.3) is 0 Å². The van der Waals surface area contributed by atoms with E-state index in [0.29, 0.717) is 6.04 Å². The maximum atomic E-state index is 4.26. The Morgan fingerprint density at radius 3 is 2.88 bits per heavy atom. The van der Waals surface area contributed by atoms with Crippen molar-refractivity contribution >= 4 is 0 Å². The molecule has 0 radical (unpaired) electrons. The normalized spacial score (nSPS) is 25.1. The Balaban J connectivity index is 1.88. The number of aromatic nitrogens is 2. The van der Waals surface area contributed by atoms with Crippen molar-refractivity contribution in [3.63, 3.8) is 0 Å². The Labute approximate surface area is 104 Å². The van der Waals surface area contributed by atoms with Crippen molar-refractivity contribution in [2.45, 2.75) is 52.1 Å². The van der Waals surface area contributed by atoms with E-state index in [1.807, 2.05) is 12.3 Å². The summed E-state index contributed by atoms with van der Waals surface area (Å²) in [4.78, 5) is 8.20. The van der Waals surface area contributed by atoms with Crippen LogP contribution in [0.3, 0.4) is 0 Å². The van der Waals surface area contributed by atoms with E-state index in [4.69, 9.17) is 0 Å². The maximum absolute atomic E-state index is 4.26. The average Bonchev–Trinajstić information content (AvgIpc) is 2.38. The summed E-state index contributed by atoms with van der Waals surface area (Å²) in [6.45, 7) is 5.56. The molecule has 0 saturated heterocycles. The first-order valence-corrected chi connectivity index (χ1v) is 6.75. The summed E-state index contributed by atoms with van der Waals surface area (Å²) in [5.41, 5.74) is 1.09. The van der Waals surface area contributed by atoms with E-state index in [1.165, 1.54) is 25.7 Å². The van der Waals surface area contributed by atoms with Gasteiger partial charge in [0.1, 0.15) is 6.33 Å². The molecular formula is C14H23N3. The molecule has 0 spiro atoms. The van der Waals surface area contributed by atoms with Gasteiger partial charge in [-0.15, -0.1) is 0 Å². The van der Waals surface area contributed by atoms with Crippen molar-refractivity contribution in [3.05, 3.63) is 24.3 Å². The van der Waals surface area contributed by atoms with E-state index in [2.05, 4.69) is 29.1 Å². The minimum Gasteiger partial charge on any atom is -0.308 e. The van der Waals surface area contributed by atoms with Crippen molar-refractivity contribution in [1.82, 2.24) is 15.3 Å². The molecule has 17 heavy (non-hydrogen) atoms. The summed E-state index contributed by atoms with van der Waals surface area (Å²) < 4.78 is 0. The van der Waals surface area contributed by atoms with Gasteiger partial charge in [-0.3, -0.25) is 0 Å². The van der Waals surface area contributed by atoms with Crippen LogP contribution in [-0.2, 0) is 6.54 Å². The largest absolute Gasteiger partial charge is 0.308 e. The van der Waals surface area contributed by atoms with Gasteiger partial charge in [0, 0.05) is 18.8 Å². The molecule has 3 heteroatoms. The highest BCUT2D eigenvalue weighted by molar-refractivity contribution is 4.98. The molecule has 2 rings (SSSR count). The zero-order valence-corrected chi connectivity index (χ0v) is 10.9. The zero-order valence-electron chi connectivity index (χ0n) is 10.9. The predicted molar refractivity (Wildman–Crippen MR) is 69.5 cm³/mol. The number of hydrogen-bond acceptors (Lipinski definition) is 3. The molecule has 0 amide bonds. The smallest absolute Gasteiger partial charge is 0.115 e. The highest BCUT2D eigenvalue weighted by Crippen LogP contribution is 2.30. The van der Waals surface area contributed by atoms with Gasteiger partial charge in [0.05, 0.1) is 5.69 Å². The molecule has 1 aromatic heterocycles. The summed E-state index contributed by atoms with van der Waals surface area (Å²) in [5, 5.41) is 3.68. The van der Waals surface area contributed by atoms with Crippen molar-refractivity contribution < 1.29 is 0 Å². The second-order valence-electron chi connectivity index (χ2n) is 5.38. The number of nitrogens with one attached hydrogen (secondary N) is 1. The van der Waals surface area contributed by atoms with Gasteiger partial charge in [0.2, 0.25) is 0 Å². The number of nitrogens with zero attached hydrogens (tertiary/aromatic N) is 2. The third kappa shape index (κ3) is 3.50. The molecule has 1 aliphatic carbocycles. The molecule has 3 nitrogen and oxygen atoms in total. The quantitative estimate of drug-likeness (QED) is 0.869. The van der Waals surface area contributed by atoms with E-state index in [-0.39, 0.29) is 0 Å². The minimum absolute atomic E-state index is 0.665. The summed E-state index contributed by atoms with van der Waals surface area (Å²) in [7, 11) is 0. The molecule has 2 unspecified atom stereocenters. The van der Waals surface area contributed by atoms with Crippen molar-refractivity contribution in [1.29, 1.82) is 0 Å². The van der Waals surface area contributed by atoms with Crippen LogP contribution in [0.5, 0.6) is 0 Å². The van der Waals surface area contributed by atoms with Gasteiger partial charge in [-0.05, 0) is 30.7 Å². The minimum atomic E-state index is 0.665. The molecule has 0 aliphatic heterocycles. The van der Waals surface area contributed by atoms with Crippen molar-refractivity contribution in [2.75, 3.05) is 0 Å². The highest BCUT2D eigenvalue weighted by atomic mass is 14.9. The summed E-state index contributed by atoms with van der Waals surface area (Å²) in [6.07, 6.45) is 8.88. The molecule has 1 N–H and O–H groups in total. The van der Waals surface area contributed by atoms with Crippen LogP contribution in [0.4, 0.5) is 0 Å². The topological polar surface area (TPSA) is 37.8 Å². The molecule has 94 valence electrons. The second kappa shape index (κ2) is 6.10. The summed E-state index contributed by atoms with van der Waals surface area (Å²) in [5.74, 6) is 1.60. The fraction of sp³-hybridized carbons (Fsp3) is 0.714. The van der Waals surface area contributed by atoms with E-state index in [1.54, 1.807) is 6.33 Å². The Morgan fingerprint density at radius 2 is 2.18 bits per heavy atom. The van der Waals surface area contributed by atoms with Gasteiger partial charge in [-0.2, -0.15) is 0 Å². The maximum Gasteiger partial charge on any atom is 0.115 e. The Hall–Kier alpha value is -0.960. The van der Waals surface area contributed by atoms with E-state index in [0.717, 1.165) is 24.1 Å². The average molecular weight is 233 g/mol. The Kier molecular flexibility index (Phi) is 4.49. The lowest BCUT2D eigenvalue weighted by atomic mass is 9.78. The molecule has 1 aliphatic rings. The Bertz CT molecular complexity index is 323. The molecule has 0 aromatic carbocycles. The van der Waals surface area contributed by atoms with E-state index >= 15 is 0 Å². The highest BCUT2D eigenvalue weighted by Gasteiger charge is 2.26. The van der Waals surface area contributed by atoms with Crippen LogP contribution in [0.2, 0.25) is 0 Å². The third-order valence-corrected chi connectivity index (χ3v) is 3.86. The van der Waals surface area contributed by atoms with Gasteiger partial charge < -0.3 is 5.32 Å². The number of rotatable bonds is 4. The van der Waals surface area contributed by atoms with Crippen LogP contribution in [0.15, 0.2) is 18.6 Å². The van der Waals surface area contributed by atoms with Crippen LogP contribution in [-0.4, -0.2) is 16.0 Å². The van der Waals surface area contributed by atoms with E-state index < -0.39 is 0 Å². The fourth-order valence-corrected chi connectivity index (χ4v) is 2.87. The molecule has 1 saturated carbocycles. The van der Waals surface area contributed by atoms with Crippen LogP contribution in [0.1, 0.15) is 45.2 Å². The van der Waals surface area contributed by atoms with Gasteiger partial charge >= 0.3 is 0 Å². The van der Waals surface area contributed by atoms with Crippen LogP contribution < -0.4 is 5.32 Å². The molecule has 1 aromatic rings. The van der Waals surface area contributed by atoms with Crippen molar-refractivity contribution in [2.24, 2.45) is 11.8 Å². The molecule has 1 heterocycles. The first-order chi connectivity index (χ1) is 8.27. The number of hydrogen-bond donors (Lipinski definition) is 1. The van der Waals surface area contributed by atoms with Crippen LogP contribution in [0, 0.1) is 11.8 Å². The SMILES string of the molecule is CC(C)C1CCCCC1NCc1ccncn1. The fourth-order valence-electron chi connectivity index (χ4n) is 2.87. The van der Waals surface area contributed by atoms with E-state index in [9.17, 15) is 0 Å². The zero-order chi connectivity index (χ0) is 12.1. The standard InChI is InChI=1S/C14H23N3/c1-11(2)13-5-3-4-6-14(13)16-9-12-7-8-15-10-17-12/h7-8,10-11,13-14,16H,3-6,9H2,1-2H3. The molecule has 2 atom stereocenters. The lowest BCUT2D eigenvalue weighted by molar-refractivity contribution is 0.204. The second-order valence-corrected chi connectivity index (χ2v) is 5.38. The summed E-state index contributed by atoms with van der Waals surface area (Å²) in [6, 6.07) is 2.65. The monoisotopic (exact) mass is 233 g/mol. The Morgan fingerprint density at radius 1 is 1.35 bits per heavy atom. The molecule has 0 bridgehead atoms. The molecule has 1 fully saturated rings. The lowest BCUT2D eigenvalue weighted by Crippen LogP contribution is -2.40. The molecular weight excluding hydrogens is 210 g/mol. The first kappa shape index (κ1) is 12.5. The van der Waals surface area contributed by atoms with Crippen LogP contribution >= 0.6 is 0 Å². The summed E-state index contributed by atoms with van der Waals surface area (Å²) >= 11 is 0. The van der Waals surface area contributed by atoms with Crippen molar-refractivity contribution in [3.8, 4) is 0 Å². The van der Waals surface area contributed by atoms with Gasteiger partial charge in [-0.25, -0.2) is 9.97 Å². The third-order valence-electron chi connectivity index (χ3n) is 3.86. The van der Waals surface area contributed by atoms with Gasteiger partial charge in [0.15, 0.2) is 0 Å². The first-order valence-electron chi connectivity index (χ1n) is 6.75. The predicted octanol–water partition coefficient (Wildman–Crippen LogP) is 2.78. The van der Waals surface area contributed by atoms with Gasteiger partial charge in [0.25, 0.3) is 0 Å². The van der Waals surface area contributed by atoms with Gasteiger partial charge in [-0.1, -0.05) is 26.7 Å². The lowest BCUT2D eigenvalue weighted by Gasteiger charge is -2.35.